The van der Waals surface area contributed by atoms with Gasteiger partial charge in [0.25, 0.3) is 5.91 Å². The number of hydrogen-bond acceptors (Lipinski definition) is 7. The largest absolute Gasteiger partial charge is 0.496 e. The molecule has 4 saturated carbocycles. The van der Waals surface area contributed by atoms with Crippen LogP contribution in [-0.2, 0) is 9.59 Å². The van der Waals surface area contributed by atoms with Crippen molar-refractivity contribution in [2.24, 2.45) is 23.2 Å². The standard InChI is InChI=1S/C29H34N4O6/c1-28(27(36)37)7-5-19(6-8-28)39-21-13-20(22(38-2)12-18(21)14-30)25(34)32-24-17-4-3-16(11-17)23(24)26(35)33-29(15-31)9-10-29/h12-13,16-17,19,23-24H,3-11H2,1-2H3,(H,32,34)(H,33,35)(H,36,37). The molecular weight excluding hydrogens is 500 g/mol. The van der Waals surface area contributed by atoms with Crippen molar-refractivity contribution in [1.82, 2.24) is 10.6 Å². The number of carboxylic acids is 1. The molecule has 0 heterocycles. The Labute approximate surface area is 227 Å². The van der Waals surface area contributed by atoms with Gasteiger partial charge in [0.1, 0.15) is 23.1 Å². The predicted octanol–water partition coefficient (Wildman–Crippen LogP) is 3.30. The molecule has 4 atom stereocenters. The van der Waals surface area contributed by atoms with Crippen LogP contribution in [-0.4, -0.2) is 47.7 Å². The van der Waals surface area contributed by atoms with Crippen molar-refractivity contribution in [3.63, 3.8) is 0 Å². The first kappa shape index (κ1) is 26.8. The molecule has 206 valence electrons. The van der Waals surface area contributed by atoms with Gasteiger partial charge in [-0.05, 0) is 82.6 Å². The van der Waals surface area contributed by atoms with E-state index in [2.05, 4.69) is 22.8 Å². The van der Waals surface area contributed by atoms with E-state index in [1.165, 1.54) is 19.2 Å². The smallest absolute Gasteiger partial charge is 0.309 e. The highest BCUT2D eigenvalue weighted by molar-refractivity contribution is 5.98. The lowest BCUT2D eigenvalue weighted by atomic mass is 9.75. The molecule has 4 aliphatic rings. The second-order valence-corrected chi connectivity index (χ2v) is 11.9. The van der Waals surface area contributed by atoms with Crippen LogP contribution in [0.4, 0.5) is 0 Å². The Morgan fingerprint density at radius 2 is 1.72 bits per heavy atom. The van der Waals surface area contributed by atoms with Crippen molar-refractivity contribution in [3.8, 4) is 23.6 Å². The fourth-order valence-corrected chi connectivity index (χ4v) is 6.65. The Bertz CT molecular complexity index is 1270. The first-order chi connectivity index (χ1) is 18.6. The number of nitriles is 2. The molecule has 2 bridgehead atoms. The topological polar surface area (TPSA) is 162 Å². The van der Waals surface area contributed by atoms with Crippen LogP contribution in [0.5, 0.6) is 11.5 Å². The van der Waals surface area contributed by atoms with Crippen LogP contribution in [0.1, 0.15) is 80.6 Å². The third-order valence-corrected chi connectivity index (χ3v) is 9.36. The molecule has 1 aromatic carbocycles. The first-order valence-electron chi connectivity index (χ1n) is 13.7. The monoisotopic (exact) mass is 534 g/mol. The number of carbonyl (C=O) groups is 3. The molecule has 10 nitrogen and oxygen atoms in total. The Morgan fingerprint density at radius 3 is 2.31 bits per heavy atom. The van der Waals surface area contributed by atoms with Gasteiger partial charge in [0.05, 0.1) is 41.7 Å². The van der Waals surface area contributed by atoms with Crippen LogP contribution in [0.2, 0.25) is 0 Å². The zero-order chi connectivity index (χ0) is 27.9. The number of ether oxygens (including phenoxy) is 2. The number of amides is 2. The first-order valence-corrected chi connectivity index (χ1v) is 13.7. The molecule has 0 aliphatic heterocycles. The molecule has 0 saturated heterocycles. The van der Waals surface area contributed by atoms with E-state index in [1.54, 1.807) is 6.92 Å². The number of aliphatic carboxylic acids is 1. The lowest BCUT2D eigenvalue weighted by Crippen LogP contribution is -2.52. The molecule has 39 heavy (non-hydrogen) atoms. The molecule has 1 aromatic rings. The maximum atomic E-state index is 13.6. The van der Waals surface area contributed by atoms with E-state index in [0.29, 0.717) is 38.5 Å². The molecular formula is C29H34N4O6. The molecule has 2 amide bonds. The quantitative estimate of drug-likeness (QED) is 0.458. The maximum absolute atomic E-state index is 13.6. The number of nitrogens with zero attached hydrogens (tertiary/aromatic N) is 2. The van der Waals surface area contributed by atoms with Gasteiger partial charge in [0.15, 0.2) is 0 Å². The summed E-state index contributed by atoms with van der Waals surface area (Å²) >= 11 is 0. The predicted molar refractivity (Wildman–Crippen MR) is 138 cm³/mol. The fraction of sp³-hybridized carbons (Fsp3) is 0.621. The zero-order valence-electron chi connectivity index (χ0n) is 22.3. The van der Waals surface area contributed by atoms with E-state index in [0.717, 1.165) is 19.3 Å². The number of carboxylic acid groups (broad SMARTS) is 1. The van der Waals surface area contributed by atoms with Gasteiger partial charge in [0, 0.05) is 12.1 Å². The Kier molecular flexibility index (Phi) is 6.92. The number of carbonyl (C=O) groups excluding carboxylic acids is 2. The number of fused-ring (bicyclic) bond motifs is 2. The van der Waals surface area contributed by atoms with E-state index in [1.807, 2.05) is 0 Å². The Morgan fingerprint density at radius 1 is 1.03 bits per heavy atom. The minimum atomic E-state index is -0.824. The molecule has 4 unspecified atom stereocenters. The Hall–Kier alpha value is -3.79. The number of hydrogen-bond donors (Lipinski definition) is 3. The summed E-state index contributed by atoms with van der Waals surface area (Å²) in [6.45, 7) is 1.73. The van der Waals surface area contributed by atoms with E-state index in [-0.39, 0.29) is 52.5 Å². The minimum Gasteiger partial charge on any atom is -0.496 e. The van der Waals surface area contributed by atoms with Gasteiger partial charge < -0.3 is 25.2 Å². The highest BCUT2D eigenvalue weighted by Gasteiger charge is 2.54. The van der Waals surface area contributed by atoms with Gasteiger partial charge in [-0.25, -0.2) is 0 Å². The maximum Gasteiger partial charge on any atom is 0.309 e. The highest BCUT2D eigenvalue weighted by Crippen LogP contribution is 2.49. The van der Waals surface area contributed by atoms with E-state index in [9.17, 15) is 30.0 Å². The third kappa shape index (κ3) is 5.01. The van der Waals surface area contributed by atoms with Crippen molar-refractivity contribution in [2.45, 2.75) is 82.4 Å². The minimum absolute atomic E-state index is 0.166. The van der Waals surface area contributed by atoms with Crippen LogP contribution in [0, 0.1) is 45.8 Å². The van der Waals surface area contributed by atoms with Gasteiger partial charge in [-0.2, -0.15) is 10.5 Å². The summed E-state index contributed by atoms with van der Waals surface area (Å²) < 4.78 is 11.6. The van der Waals surface area contributed by atoms with Crippen LogP contribution < -0.4 is 20.1 Å². The van der Waals surface area contributed by atoms with E-state index >= 15 is 0 Å². The average molecular weight is 535 g/mol. The molecule has 3 N–H and O–H groups in total. The van der Waals surface area contributed by atoms with Gasteiger partial charge in [-0.15, -0.1) is 0 Å². The van der Waals surface area contributed by atoms with Crippen molar-refractivity contribution < 1.29 is 29.0 Å². The van der Waals surface area contributed by atoms with Crippen molar-refractivity contribution in [1.29, 1.82) is 10.5 Å². The number of benzene rings is 1. The number of methoxy groups -OCH3 is 1. The summed E-state index contributed by atoms with van der Waals surface area (Å²) in [6.07, 6.45) is 5.69. The summed E-state index contributed by atoms with van der Waals surface area (Å²) in [5, 5.41) is 34.7. The van der Waals surface area contributed by atoms with Gasteiger partial charge in [-0.1, -0.05) is 0 Å². The van der Waals surface area contributed by atoms with Crippen LogP contribution >= 0.6 is 0 Å². The van der Waals surface area contributed by atoms with Crippen LogP contribution in [0.15, 0.2) is 12.1 Å². The molecule has 4 aliphatic carbocycles. The van der Waals surface area contributed by atoms with Gasteiger partial charge in [-0.3, -0.25) is 14.4 Å². The number of nitrogens with one attached hydrogen (secondary N) is 2. The van der Waals surface area contributed by atoms with E-state index in [4.69, 9.17) is 9.47 Å². The summed E-state index contributed by atoms with van der Waals surface area (Å²) in [6, 6.07) is 6.93. The summed E-state index contributed by atoms with van der Waals surface area (Å²) in [7, 11) is 1.42. The van der Waals surface area contributed by atoms with E-state index < -0.39 is 28.7 Å². The molecule has 0 aromatic heterocycles. The third-order valence-electron chi connectivity index (χ3n) is 9.36. The lowest BCUT2D eigenvalue weighted by molar-refractivity contribution is -0.150. The summed E-state index contributed by atoms with van der Waals surface area (Å²) in [5.41, 5.74) is -1.13. The number of rotatable bonds is 8. The average Bonchev–Trinajstić information content (AvgIpc) is 3.39. The van der Waals surface area contributed by atoms with Crippen molar-refractivity contribution >= 4 is 17.8 Å². The normalized spacial score (nSPS) is 31.8. The Balaban J connectivity index is 1.34. The molecule has 5 rings (SSSR count). The second-order valence-electron chi connectivity index (χ2n) is 11.9. The summed E-state index contributed by atoms with van der Waals surface area (Å²) in [5.74, 6) is -0.993. The van der Waals surface area contributed by atoms with Gasteiger partial charge in [0.2, 0.25) is 5.91 Å². The van der Waals surface area contributed by atoms with Crippen LogP contribution in [0.25, 0.3) is 0 Å². The van der Waals surface area contributed by atoms with Crippen molar-refractivity contribution in [2.75, 3.05) is 7.11 Å². The molecule has 10 heteroatoms. The zero-order valence-corrected chi connectivity index (χ0v) is 22.3. The van der Waals surface area contributed by atoms with Crippen LogP contribution in [0.3, 0.4) is 0 Å². The van der Waals surface area contributed by atoms with Crippen molar-refractivity contribution in [3.05, 3.63) is 23.3 Å². The SMILES string of the molecule is COc1cc(C#N)c(OC2CCC(C)(C(=O)O)CC2)cc1C(=O)NC1C2CCC(C2)C1C(=O)NC1(C#N)CC1. The molecule has 4 fully saturated rings. The lowest BCUT2D eigenvalue weighted by Gasteiger charge is -2.34. The summed E-state index contributed by atoms with van der Waals surface area (Å²) in [4.78, 5) is 38.4. The van der Waals surface area contributed by atoms with Gasteiger partial charge >= 0.3 is 5.97 Å². The fourth-order valence-electron chi connectivity index (χ4n) is 6.65. The highest BCUT2D eigenvalue weighted by atomic mass is 16.5. The molecule has 0 spiro atoms. The second kappa shape index (κ2) is 10.1. The molecule has 0 radical (unpaired) electrons.